The smallest absolute Gasteiger partial charge is 0.462 e. The van der Waals surface area contributed by atoms with Crippen molar-refractivity contribution < 1.29 is 27.0 Å². The van der Waals surface area contributed by atoms with Gasteiger partial charge in [0, 0.05) is 6.17 Å². The van der Waals surface area contributed by atoms with Crippen molar-refractivity contribution in [2.75, 3.05) is 13.1 Å². The Morgan fingerprint density at radius 1 is 1.47 bits per heavy atom. The topological polar surface area (TPSA) is 49.8 Å². The molecule has 0 atom stereocenters. The molecule has 0 amide bonds. The summed E-state index contributed by atoms with van der Waals surface area (Å²) in [6, 6.07) is 0. The SMILES string of the molecule is [2H]c1nc(OC2([2H])C([2H])([2H])OC2([2H])[2H])sc1B1OC(C)(C)C(C)(C)O1. The van der Waals surface area contributed by atoms with Crippen LogP contribution in [0.25, 0.3) is 0 Å². The number of aromatic nitrogens is 1. The van der Waals surface area contributed by atoms with Crippen molar-refractivity contribution in [2.24, 2.45) is 0 Å². The molecule has 5 nitrogen and oxygen atoms in total. The molecule has 0 spiro atoms. The van der Waals surface area contributed by atoms with Crippen LogP contribution >= 0.6 is 11.3 Å². The van der Waals surface area contributed by atoms with E-state index in [4.69, 9.17) is 22.3 Å². The van der Waals surface area contributed by atoms with E-state index in [-0.39, 0.29) is 11.4 Å². The molecule has 2 aliphatic rings. The highest BCUT2D eigenvalue weighted by Gasteiger charge is 2.52. The summed E-state index contributed by atoms with van der Waals surface area (Å²) >= 11 is 0.856. The summed E-state index contributed by atoms with van der Waals surface area (Å²) in [5.41, 5.74) is -1.22. The number of hydrogen-bond donors (Lipinski definition) is 0. The first-order valence-electron chi connectivity index (χ1n) is 8.84. The van der Waals surface area contributed by atoms with Gasteiger partial charge in [-0.05, 0) is 27.7 Å². The summed E-state index contributed by atoms with van der Waals surface area (Å²) in [5, 5.41) is -0.222. The van der Waals surface area contributed by atoms with E-state index in [2.05, 4.69) is 9.72 Å². The van der Waals surface area contributed by atoms with Gasteiger partial charge in [-0.2, -0.15) is 0 Å². The molecule has 0 bridgehead atoms. The number of hydrogen-bond acceptors (Lipinski definition) is 6. The predicted octanol–water partition coefficient (Wildman–Crippen LogP) is 1.22. The molecule has 0 saturated carbocycles. The Balaban J connectivity index is 1.85. The van der Waals surface area contributed by atoms with Gasteiger partial charge in [-0.3, -0.25) is 0 Å². The third-order valence-electron chi connectivity index (χ3n) is 3.40. The van der Waals surface area contributed by atoms with Crippen LogP contribution in [0.3, 0.4) is 0 Å². The highest BCUT2D eigenvalue weighted by Crippen LogP contribution is 2.37. The largest absolute Gasteiger partial charge is 0.507 e. The lowest BCUT2D eigenvalue weighted by Crippen LogP contribution is -2.41. The molecule has 2 saturated heterocycles. The predicted molar refractivity (Wildman–Crippen MR) is 73.1 cm³/mol. The van der Waals surface area contributed by atoms with Gasteiger partial charge in [0.05, 0.1) is 37.3 Å². The van der Waals surface area contributed by atoms with E-state index in [0.29, 0.717) is 4.78 Å². The van der Waals surface area contributed by atoms with Crippen molar-refractivity contribution >= 4 is 23.2 Å². The maximum absolute atomic E-state index is 7.98. The minimum atomic E-state index is -2.64. The molecule has 0 aromatic carbocycles. The Kier molecular flexibility index (Phi) is 1.87. The molecule has 1 aromatic heterocycles. The van der Waals surface area contributed by atoms with Gasteiger partial charge in [0.1, 0.15) is 6.08 Å². The molecule has 0 N–H and O–H groups in total. The zero-order valence-electron chi connectivity index (χ0n) is 17.1. The first-order chi connectivity index (χ1) is 11.1. The molecule has 3 rings (SSSR count). The van der Waals surface area contributed by atoms with Crippen LogP contribution in [0.15, 0.2) is 6.17 Å². The first-order valence-corrected chi connectivity index (χ1v) is 6.66. The number of rotatable bonds is 3. The number of thiazole rings is 1. The lowest BCUT2D eigenvalue weighted by Gasteiger charge is -2.32. The third kappa shape index (κ3) is 2.40. The van der Waals surface area contributed by atoms with Gasteiger partial charge in [-0.25, -0.2) is 4.98 Å². The molecule has 0 aliphatic carbocycles. The summed E-state index contributed by atoms with van der Waals surface area (Å²) in [4.78, 5) is 3.84. The van der Waals surface area contributed by atoms with Crippen LogP contribution < -0.4 is 9.51 Å². The average molecular weight is 289 g/mol. The van der Waals surface area contributed by atoms with Crippen molar-refractivity contribution in [2.45, 2.75) is 45.0 Å². The van der Waals surface area contributed by atoms with Crippen LogP contribution in [-0.4, -0.2) is 42.5 Å². The third-order valence-corrected chi connectivity index (χ3v) is 4.25. The van der Waals surface area contributed by atoms with Crippen molar-refractivity contribution in [3.8, 4) is 5.19 Å². The van der Waals surface area contributed by atoms with E-state index in [1.165, 1.54) is 0 Å². The minimum Gasteiger partial charge on any atom is -0.462 e. The second-order valence-electron chi connectivity index (χ2n) is 5.28. The van der Waals surface area contributed by atoms with Crippen LogP contribution in [0.2, 0.25) is 0 Å². The zero-order chi connectivity index (χ0) is 19.1. The molecule has 0 unspecified atom stereocenters. The highest BCUT2D eigenvalue weighted by molar-refractivity contribution is 7.23. The normalized spacial score (nSPS) is 36.9. The summed E-state index contributed by atoms with van der Waals surface area (Å²) in [6.45, 7) is 2.17. The van der Waals surface area contributed by atoms with Crippen molar-refractivity contribution in [1.82, 2.24) is 4.98 Å². The molecule has 104 valence electrons. The molecule has 3 heterocycles. The van der Waals surface area contributed by atoms with Crippen LogP contribution in [0.1, 0.15) is 35.9 Å². The molecule has 0 radical (unpaired) electrons. The van der Waals surface area contributed by atoms with Gasteiger partial charge in [0.25, 0.3) is 5.19 Å². The Labute approximate surface area is 125 Å². The monoisotopic (exact) mass is 289 g/mol. The van der Waals surface area contributed by atoms with E-state index in [9.17, 15) is 0 Å². The lowest BCUT2D eigenvalue weighted by atomic mass is 9.89. The molecular formula is C12H18BNO4S. The van der Waals surface area contributed by atoms with Crippen LogP contribution in [0.4, 0.5) is 0 Å². The molecule has 2 aliphatic heterocycles. The molecule has 1 aromatic rings. The van der Waals surface area contributed by atoms with Gasteiger partial charge >= 0.3 is 7.12 Å². The minimum absolute atomic E-state index is 0.191. The molecular weight excluding hydrogens is 265 g/mol. The Hall–Kier alpha value is -0.625. The zero-order valence-corrected chi connectivity index (χ0v) is 11.9. The standard InChI is InChI=1S/C12H18BNO4S/c1-11(2)12(3,4)18-13(17-11)9-5-14-10(19-9)16-8-6-15-7-8/h5,8H,6-7H2,1-4H3/i5D,6D2,7D2,8D. The second kappa shape index (κ2) is 4.44. The van der Waals surface area contributed by atoms with Crippen molar-refractivity contribution in [1.29, 1.82) is 0 Å². The maximum atomic E-state index is 7.98. The Morgan fingerprint density at radius 2 is 2.11 bits per heavy atom. The maximum Gasteiger partial charge on any atom is 0.507 e. The van der Waals surface area contributed by atoms with E-state index < -0.39 is 37.5 Å². The molecule has 19 heavy (non-hydrogen) atoms. The lowest BCUT2D eigenvalue weighted by molar-refractivity contribution is -0.0797. The number of ether oxygens (including phenoxy) is 2. The van der Waals surface area contributed by atoms with Crippen molar-refractivity contribution in [3.63, 3.8) is 0 Å². The fourth-order valence-electron chi connectivity index (χ4n) is 1.56. The van der Waals surface area contributed by atoms with Gasteiger partial charge in [-0.15, -0.1) is 0 Å². The quantitative estimate of drug-likeness (QED) is 0.783. The van der Waals surface area contributed by atoms with E-state index in [1.54, 1.807) is 0 Å². The molecule has 7 heteroatoms. The fourth-order valence-corrected chi connectivity index (χ4v) is 2.24. The summed E-state index contributed by atoms with van der Waals surface area (Å²) in [7, 11) is -0.847. The molecule has 2 fully saturated rings. The Bertz CT molecular complexity index is 682. The summed E-state index contributed by atoms with van der Waals surface area (Å²) in [5.74, 6) is 0. The van der Waals surface area contributed by atoms with E-state index in [0.717, 1.165) is 11.3 Å². The number of nitrogens with zero attached hydrogens (tertiary/aromatic N) is 1. The van der Waals surface area contributed by atoms with Crippen LogP contribution in [0.5, 0.6) is 5.19 Å². The van der Waals surface area contributed by atoms with Gasteiger partial charge in [-0.1, -0.05) is 11.3 Å². The van der Waals surface area contributed by atoms with E-state index >= 15 is 0 Å². The average Bonchev–Trinajstić information content (AvgIpc) is 2.85. The Morgan fingerprint density at radius 3 is 2.68 bits per heavy atom. The van der Waals surface area contributed by atoms with Gasteiger partial charge in [0.2, 0.25) is 0 Å². The highest BCUT2D eigenvalue weighted by atomic mass is 32.1. The fraction of sp³-hybridized carbons (Fsp3) is 0.750. The van der Waals surface area contributed by atoms with Crippen molar-refractivity contribution in [3.05, 3.63) is 6.17 Å². The first kappa shape index (κ1) is 7.97. The second-order valence-corrected chi connectivity index (χ2v) is 6.27. The summed E-state index contributed by atoms with van der Waals surface area (Å²) < 4.78 is 67.7. The van der Waals surface area contributed by atoms with Crippen LogP contribution in [0, 0.1) is 0 Å². The summed E-state index contributed by atoms with van der Waals surface area (Å²) in [6.07, 6.45) is -2.82. The van der Waals surface area contributed by atoms with Gasteiger partial charge in [0.15, 0.2) is 0 Å². The van der Waals surface area contributed by atoms with E-state index in [1.807, 2.05) is 27.7 Å². The van der Waals surface area contributed by atoms with Gasteiger partial charge < -0.3 is 18.8 Å². The van der Waals surface area contributed by atoms with Crippen LogP contribution in [-0.2, 0) is 14.0 Å².